The van der Waals surface area contributed by atoms with Gasteiger partial charge in [-0.2, -0.15) is 5.10 Å². The largest absolute Gasteiger partial charge is 0.444 e. The van der Waals surface area contributed by atoms with E-state index in [1.54, 1.807) is 35.6 Å². The number of nitrogens with zero attached hydrogens (tertiary/aromatic N) is 5. The molecule has 0 fully saturated rings. The van der Waals surface area contributed by atoms with E-state index >= 15 is 0 Å². The topological polar surface area (TPSA) is 77.1 Å². The molecule has 3 aromatic rings. The Kier molecular flexibility index (Phi) is 5.65. The van der Waals surface area contributed by atoms with Gasteiger partial charge in [0, 0.05) is 18.9 Å². The highest BCUT2D eigenvalue weighted by Crippen LogP contribution is 2.24. The number of hydrogen-bond donors (Lipinski definition) is 0. The Balaban J connectivity index is 1.54. The van der Waals surface area contributed by atoms with Crippen LogP contribution in [0.5, 0.6) is 0 Å². The highest BCUT2D eigenvalue weighted by Gasteiger charge is 2.29. The van der Waals surface area contributed by atoms with E-state index in [1.807, 2.05) is 0 Å². The first kappa shape index (κ1) is 20.3. The van der Waals surface area contributed by atoms with Crippen molar-refractivity contribution in [3.63, 3.8) is 0 Å². The van der Waals surface area contributed by atoms with E-state index in [4.69, 9.17) is 4.42 Å². The molecule has 0 N–H and O–H groups in total. The molecule has 3 heterocycles. The number of carbonyl (C=O) groups excluding carboxylic acids is 1. The molecule has 0 spiro atoms. The van der Waals surface area contributed by atoms with Crippen LogP contribution in [0.1, 0.15) is 54.9 Å². The first-order valence-electron chi connectivity index (χ1n) is 10.4. The third-order valence-corrected chi connectivity index (χ3v) is 5.37. The molecule has 0 bridgehead atoms. The van der Waals surface area contributed by atoms with Gasteiger partial charge < -0.3 is 9.32 Å². The first-order valence-corrected chi connectivity index (χ1v) is 10.4. The fraction of sp³-hybridized carbons (Fsp3) is 0.455. The lowest BCUT2D eigenvalue weighted by molar-refractivity contribution is -0.132. The second-order valence-corrected chi connectivity index (χ2v) is 7.78. The molecule has 1 amide bonds. The van der Waals surface area contributed by atoms with Crippen molar-refractivity contribution in [3.05, 3.63) is 52.7 Å². The number of aryl methyl sites for hydroxylation is 3. The predicted octanol–water partition coefficient (Wildman–Crippen LogP) is 3.96. The lowest BCUT2D eigenvalue weighted by Gasteiger charge is -2.15. The molecule has 1 aliphatic rings. The summed E-state index contributed by atoms with van der Waals surface area (Å²) in [4.78, 5) is 23.6. The van der Waals surface area contributed by atoms with Gasteiger partial charge in [0.2, 0.25) is 5.91 Å². The molecule has 30 heavy (non-hydrogen) atoms. The van der Waals surface area contributed by atoms with Crippen LogP contribution in [0.15, 0.2) is 22.6 Å². The van der Waals surface area contributed by atoms with Crippen LogP contribution < -0.4 is 0 Å². The third-order valence-electron chi connectivity index (χ3n) is 5.37. The maximum atomic E-state index is 13.7. The van der Waals surface area contributed by atoms with Crippen molar-refractivity contribution in [2.45, 2.75) is 66.1 Å². The number of fused-ring (bicyclic) bond motifs is 1. The number of aromatic nitrogens is 4. The van der Waals surface area contributed by atoms with Crippen LogP contribution >= 0.6 is 0 Å². The molecule has 0 saturated carbocycles. The maximum absolute atomic E-state index is 13.7. The molecular weight excluding hydrogens is 385 g/mol. The fourth-order valence-corrected chi connectivity index (χ4v) is 3.70. The van der Waals surface area contributed by atoms with Gasteiger partial charge in [-0.25, -0.2) is 19.0 Å². The first-order chi connectivity index (χ1) is 14.4. The summed E-state index contributed by atoms with van der Waals surface area (Å²) in [5, 5.41) is 4.59. The minimum atomic E-state index is -0.258. The Hall–Kier alpha value is -3.03. The van der Waals surface area contributed by atoms with Gasteiger partial charge in [0.15, 0.2) is 11.7 Å². The zero-order chi connectivity index (χ0) is 21.3. The van der Waals surface area contributed by atoms with Crippen LogP contribution in [0.3, 0.4) is 0 Å². The van der Waals surface area contributed by atoms with Crippen LogP contribution in [0.4, 0.5) is 4.39 Å². The summed E-state index contributed by atoms with van der Waals surface area (Å²) < 4.78 is 20.9. The number of unbranched alkanes of at least 4 members (excludes halogenated alkanes) is 2. The second-order valence-electron chi connectivity index (χ2n) is 7.78. The minimum absolute atomic E-state index is 0.0515. The average Bonchev–Trinajstić information content (AvgIpc) is 3.37. The Labute approximate surface area is 174 Å². The van der Waals surface area contributed by atoms with E-state index < -0.39 is 0 Å². The van der Waals surface area contributed by atoms with Gasteiger partial charge in [-0.05, 0) is 37.1 Å². The number of hydrogen-bond acceptors (Lipinski definition) is 5. The molecule has 0 unspecified atom stereocenters. The van der Waals surface area contributed by atoms with E-state index in [-0.39, 0.29) is 18.3 Å². The van der Waals surface area contributed by atoms with Crippen molar-refractivity contribution in [3.8, 4) is 11.4 Å². The molecular formula is C22H26FN5O2. The number of carbonyl (C=O) groups is 1. The van der Waals surface area contributed by atoms with Crippen LogP contribution in [-0.4, -0.2) is 30.6 Å². The van der Waals surface area contributed by atoms with Crippen molar-refractivity contribution in [2.24, 2.45) is 0 Å². The molecule has 2 aromatic heterocycles. The zero-order valence-electron chi connectivity index (χ0n) is 17.6. The summed E-state index contributed by atoms with van der Waals surface area (Å²) in [7, 11) is 0. The van der Waals surface area contributed by atoms with Crippen LogP contribution in [0.2, 0.25) is 0 Å². The summed E-state index contributed by atoms with van der Waals surface area (Å²) >= 11 is 0. The summed E-state index contributed by atoms with van der Waals surface area (Å²) in [6.45, 7) is 6.66. The standard InChI is InChI=1S/C22H26FN5O2/c1-4-5-6-7-20-25-22(16-8-9-17(23)14(2)10-16)26-28(20)13-21(29)27-11-18-19(12-27)30-15(3)24-18/h8-10H,4-7,11-13H2,1-3H3. The molecule has 8 heteroatoms. The Morgan fingerprint density at radius 3 is 2.77 bits per heavy atom. The smallest absolute Gasteiger partial charge is 0.245 e. The van der Waals surface area contributed by atoms with Gasteiger partial charge >= 0.3 is 0 Å². The SMILES string of the molecule is CCCCCc1nc(-c2ccc(F)c(C)c2)nn1CC(=O)N1Cc2nc(C)oc2C1. The number of rotatable bonds is 7. The van der Waals surface area contributed by atoms with E-state index in [0.29, 0.717) is 30.4 Å². The van der Waals surface area contributed by atoms with Crippen LogP contribution in [-0.2, 0) is 30.8 Å². The molecule has 158 valence electrons. The number of oxazole rings is 1. The molecule has 0 atom stereocenters. The number of benzene rings is 1. The minimum Gasteiger partial charge on any atom is -0.444 e. The molecule has 0 aliphatic carbocycles. The molecule has 1 aromatic carbocycles. The predicted molar refractivity (Wildman–Crippen MR) is 109 cm³/mol. The van der Waals surface area contributed by atoms with Crippen molar-refractivity contribution < 1.29 is 13.6 Å². The summed E-state index contributed by atoms with van der Waals surface area (Å²) in [6.07, 6.45) is 3.91. The average molecular weight is 411 g/mol. The van der Waals surface area contributed by atoms with Gasteiger partial charge in [0.25, 0.3) is 0 Å². The summed E-state index contributed by atoms with van der Waals surface area (Å²) in [5.74, 6) is 2.36. The molecule has 1 aliphatic heterocycles. The van der Waals surface area contributed by atoms with Gasteiger partial charge in [-0.3, -0.25) is 4.79 Å². The number of amides is 1. The van der Waals surface area contributed by atoms with E-state index in [9.17, 15) is 9.18 Å². The molecule has 7 nitrogen and oxygen atoms in total. The van der Waals surface area contributed by atoms with Crippen molar-refractivity contribution >= 4 is 5.91 Å². The normalized spacial score (nSPS) is 13.1. The monoisotopic (exact) mass is 411 g/mol. The van der Waals surface area contributed by atoms with Gasteiger partial charge in [-0.15, -0.1) is 0 Å². The molecule has 4 rings (SSSR count). The quantitative estimate of drug-likeness (QED) is 0.550. The van der Waals surface area contributed by atoms with Crippen molar-refractivity contribution in [1.82, 2.24) is 24.6 Å². The summed E-state index contributed by atoms with van der Waals surface area (Å²) in [6, 6.07) is 4.83. The highest BCUT2D eigenvalue weighted by atomic mass is 19.1. The fourth-order valence-electron chi connectivity index (χ4n) is 3.70. The summed E-state index contributed by atoms with van der Waals surface area (Å²) in [5.41, 5.74) is 2.11. The maximum Gasteiger partial charge on any atom is 0.245 e. The van der Waals surface area contributed by atoms with E-state index in [2.05, 4.69) is 22.0 Å². The molecule has 0 radical (unpaired) electrons. The Bertz CT molecular complexity index is 1050. The lowest BCUT2D eigenvalue weighted by atomic mass is 10.1. The van der Waals surface area contributed by atoms with Crippen LogP contribution in [0.25, 0.3) is 11.4 Å². The van der Waals surface area contributed by atoms with E-state index in [0.717, 1.165) is 48.5 Å². The third kappa shape index (κ3) is 4.13. The Morgan fingerprint density at radius 1 is 1.20 bits per heavy atom. The zero-order valence-corrected chi connectivity index (χ0v) is 17.6. The highest BCUT2D eigenvalue weighted by molar-refractivity contribution is 5.76. The van der Waals surface area contributed by atoms with Crippen LogP contribution in [0, 0.1) is 19.7 Å². The Morgan fingerprint density at radius 2 is 2.03 bits per heavy atom. The second kappa shape index (κ2) is 8.38. The van der Waals surface area contributed by atoms with Gasteiger partial charge in [0.05, 0.1) is 13.1 Å². The molecule has 0 saturated heterocycles. The van der Waals surface area contributed by atoms with Crippen molar-refractivity contribution in [1.29, 1.82) is 0 Å². The van der Waals surface area contributed by atoms with Gasteiger partial charge in [0.1, 0.15) is 29.6 Å². The van der Waals surface area contributed by atoms with Gasteiger partial charge in [-0.1, -0.05) is 19.8 Å². The van der Waals surface area contributed by atoms with E-state index in [1.165, 1.54) is 6.07 Å². The van der Waals surface area contributed by atoms with Crippen molar-refractivity contribution in [2.75, 3.05) is 0 Å². The lowest BCUT2D eigenvalue weighted by Crippen LogP contribution is -2.30. The number of halogens is 1.